The summed E-state index contributed by atoms with van der Waals surface area (Å²) >= 11 is 0. The van der Waals surface area contributed by atoms with Crippen molar-refractivity contribution in [3.8, 4) is 23.0 Å². The van der Waals surface area contributed by atoms with Crippen LogP contribution in [0.15, 0.2) is 84.2 Å². The molecule has 40 heavy (non-hydrogen) atoms. The molecule has 0 aliphatic heterocycles. The van der Waals surface area contributed by atoms with Crippen molar-refractivity contribution in [1.82, 2.24) is 39.1 Å². The van der Waals surface area contributed by atoms with Gasteiger partial charge in [0.2, 0.25) is 0 Å². The lowest BCUT2D eigenvalue weighted by Crippen LogP contribution is -2.31. The second-order valence-corrected chi connectivity index (χ2v) is 9.14. The zero-order valence-corrected chi connectivity index (χ0v) is 21.6. The summed E-state index contributed by atoms with van der Waals surface area (Å²) in [6.07, 6.45) is 6.67. The number of nitrogens with two attached hydrogens (primary N) is 1. The Balaban J connectivity index is 1.48. The smallest absolute Gasteiger partial charge is 0.267 e. The van der Waals surface area contributed by atoms with Crippen LogP contribution in [0.2, 0.25) is 0 Å². The first-order valence-electron chi connectivity index (χ1n) is 12.4. The third-order valence-electron chi connectivity index (χ3n) is 6.39. The highest BCUT2D eigenvalue weighted by atomic mass is 16.2. The van der Waals surface area contributed by atoms with Gasteiger partial charge < -0.3 is 11.1 Å². The number of anilines is 1. The van der Waals surface area contributed by atoms with Crippen molar-refractivity contribution >= 4 is 23.0 Å². The molecular weight excluding hydrogens is 506 g/mol. The van der Waals surface area contributed by atoms with Gasteiger partial charge in [0.05, 0.1) is 29.1 Å². The number of pyridine rings is 1. The van der Waals surface area contributed by atoms with Crippen LogP contribution in [0.1, 0.15) is 40.3 Å². The van der Waals surface area contributed by atoms with Gasteiger partial charge in [-0.3, -0.25) is 18.7 Å². The summed E-state index contributed by atoms with van der Waals surface area (Å²) in [5, 5.41) is 11.2. The zero-order valence-electron chi connectivity index (χ0n) is 21.6. The second-order valence-electron chi connectivity index (χ2n) is 9.14. The van der Waals surface area contributed by atoms with Crippen LogP contribution in [0.25, 0.3) is 22.4 Å². The second kappa shape index (κ2) is 9.85. The summed E-state index contributed by atoms with van der Waals surface area (Å²) < 4.78 is 4.59. The van der Waals surface area contributed by atoms with E-state index in [1.807, 2.05) is 37.4 Å². The fourth-order valence-electron chi connectivity index (χ4n) is 4.57. The lowest BCUT2D eigenvalue weighted by Gasteiger charge is -2.18. The van der Waals surface area contributed by atoms with E-state index in [1.54, 1.807) is 60.7 Å². The van der Waals surface area contributed by atoms with E-state index >= 15 is 0 Å². The van der Waals surface area contributed by atoms with Gasteiger partial charge in [-0.1, -0.05) is 42.3 Å². The van der Waals surface area contributed by atoms with Gasteiger partial charge in [-0.25, -0.2) is 14.5 Å². The first kappa shape index (κ1) is 24.6. The average molecular weight is 530 g/mol. The van der Waals surface area contributed by atoms with Crippen molar-refractivity contribution in [2.24, 2.45) is 7.05 Å². The highest BCUT2D eigenvalue weighted by Gasteiger charge is 2.25. The number of nitrogens with one attached hydrogen (secondary N) is 1. The molecule has 1 aromatic carbocycles. The first-order valence-corrected chi connectivity index (χ1v) is 12.4. The maximum absolute atomic E-state index is 14.1. The number of aryl methyl sites for hydroxylation is 1. The quantitative estimate of drug-likeness (QED) is 0.335. The fraction of sp³-hybridized carbons (Fsp3) is 0.103. The Morgan fingerprint density at radius 2 is 1.90 bits per heavy atom. The van der Waals surface area contributed by atoms with Crippen LogP contribution in [0.3, 0.4) is 0 Å². The van der Waals surface area contributed by atoms with Crippen molar-refractivity contribution in [3.05, 3.63) is 112 Å². The number of fused-ring (bicyclic) bond motifs is 2. The molecule has 0 radical (unpaired) electrons. The Kier molecular flexibility index (Phi) is 6.05. The minimum absolute atomic E-state index is 0.0510. The summed E-state index contributed by atoms with van der Waals surface area (Å²) in [6.45, 7) is 1.77. The van der Waals surface area contributed by atoms with E-state index in [2.05, 4.69) is 32.3 Å². The van der Waals surface area contributed by atoms with Crippen LogP contribution >= 0.6 is 0 Å². The predicted octanol–water partition coefficient (Wildman–Crippen LogP) is 2.61. The number of carbonyl (C=O) groups is 1. The van der Waals surface area contributed by atoms with Gasteiger partial charge in [-0.05, 0) is 36.6 Å². The van der Waals surface area contributed by atoms with Gasteiger partial charge in [-0.15, -0.1) is 5.10 Å². The Bertz CT molecular complexity index is 2030. The monoisotopic (exact) mass is 529 g/mol. The van der Waals surface area contributed by atoms with E-state index < -0.39 is 11.9 Å². The maximum Gasteiger partial charge on any atom is 0.267 e. The van der Waals surface area contributed by atoms with Crippen LogP contribution in [-0.4, -0.2) is 39.7 Å². The number of hydrogen-bond donors (Lipinski definition) is 2. The number of nitrogen functional groups attached to an aromatic ring is 1. The summed E-state index contributed by atoms with van der Waals surface area (Å²) in [7, 11) is 1.81. The van der Waals surface area contributed by atoms with E-state index in [4.69, 9.17) is 10.7 Å². The molecule has 196 valence electrons. The summed E-state index contributed by atoms with van der Waals surface area (Å²) in [4.78, 5) is 36.6. The van der Waals surface area contributed by atoms with Crippen LogP contribution in [0.5, 0.6) is 0 Å². The van der Waals surface area contributed by atoms with Gasteiger partial charge in [0, 0.05) is 25.6 Å². The molecule has 0 aliphatic carbocycles. The maximum atomic E-state index is 14.1. The highest BCUT2D eigenvalue weighted by Crippen LogP contribution is 2.26. The number of carbonyl (C=O) groups excluding carboxylic acids is 1. The SMILES string of the molecule is C[C@H](NC(=O)c1c(N)nn2cccnc12)c1nc2cccc(C#Cc3cnn(C)c3)n2c(=O)c1-c1ccccc1. The van der Waals surface area contributed by atoms with E-state index in [9.17, 15) is 9.59 Å². The fourth-order valence-corrected chi connectivity index (χ4v) is 4.57. The summed E-state index contributed by atoms with van der Waals surface area (Å²) in [5.74, 6) is 5.71. The summed E-state index contributed by atoms with van der Waals surface area (Å²) in [5.41, 5.74) is 9.26. The molecule has 0 saturated heterocycles. The number of hydrogen-bond acceptors (Lipinski definition) is 7. The molecule has 5 aromatic heterocycles. The Labute approximate surface area is 227 Å². The molecular formula is C29H23N9O2. The number of nitrogens with zero attached hydrogens (tertiary/aromatic N) is 7. The molecule has 0 aliphatic rings. The standard InChI is InChI=1S/C29H23N9O2/c1-18(33-28(39)24-26(30)35-37-15-7-14-31-27(24)37)25-23(20-8-4-3-5-9-20)29(40)38-21(10-6-11-22(38)34-25)13-12-19-16-32-36(2)17-19/h3-11,14-18H,1-2H3,(H2,30,35)(H,33,39)/t18-/m0/s1. The van der Waals surface area contributed by atoms with Crippen molar-refractivity contribution in [2.45, 2.75) is 13.0 Å². The van der Waals surface area contributed by atoms with Gasteiger partial charge in [0.25, 0.3) is 11.5 Å². The summed E-state index contributed by atoms with van der Waals surface area (Å²) in [6, 6.07) is 15.5. The minimum atomic E-state index is -0.663. The molecule has 0 saturated carbocycles. The van der Waals surface area contributed by atoms with Gasteiger partial charge in [-0.2, -0.15) is 5.10 Å². The number of benzene rings is 1. The van der Waals surface area contributed by atoms with Crippen molar-refractivity contribution in [1.29, 1.82) is 0 Å². The van der Waals surface area contributed by atoms with Crippen molar-refractivity contribution in [2.75, 3.05) is 5.73 Å². The van der Waals surface area contributed by atoms with Crippen LogP contribution in [0.4, 0.5) is 5.82 Å². The molecule has 11 heteroatoms. The predicted molar refractivity (Wildman–Crippen MR) is 149 cm³/mol. The molecule has 0 fully saturated rings. The topological polar surface area (TPSA) is 138 Å². The van der Waals surface area contributed by atoms with Crippen molar-refractivity contribution < 1.29 is 4.79 Å². The number of amides is 1. The van der Waals surface area contributed by atoms with Gasteiger partial charge in [0.15, 0.2) is 11.5 Å². The normalized spacial score (nSPS) is 11.8. The van der Waals surface area contributed by atoms with Gasteiger partial charge >= 0.3 is 0 Å². The average Bonchev–Trinajstić information content (AvgIpc) is 3.53. The van der Waals surface area contributed by atoms with E-state index in [0.29, 0.717) is 33.8 Å². The molecule has 11 nitrogen and oxygen atoms in total. The van der Waals surface area contributed by atoms with E-state index in [0.717, 1.165) is 5.56 Å². The van der Waals surface area contributed by atoms with Crippen LogP contribution < -0.4 is 16.6 Å². The molecule has 0 bridgehead atoms. The highest BCUT2D eigenvalue weighted by molar-refractivity contribution is 6.04. The third kappa shape index (κ3) is 4.33. The molecule has 3 N–H and O–H groups in total. The largest absolute Gasteiger partial charge is 0.381 e. The van der Waals surface area contributed by atoms with Crippen molar-refractivity contribution in [3.63, 3.8) is 0 Å². The van der Waals surface area contributed by atoms with E-state index in [-0.39, 0.29) is 16.9 Å². The Morgan fingerprint density at radius 3 is 2.67 bits per heavy atom. The minimum Gasteiger partial charge on any atom is -0.381 e. The zero-order chi connectivity index (χ0) is 27.8. The molecule has 6 rings (SSSR count). The van der Waals surface area contributed by atoms with E-state index in [1.165, 1.54) is 8.92 Å². The lowest BCUT2D eigenvalue weighted by molar-refractivity contribution is 0.0941. The van der Waals surface area contributed by atoms with Crippen LogP contribution in [-0.2, 0) is 7.05 Å². The van der Waals surface area contributed by atoms with Crippen LogP contribution in [0, 0.1) is 11.8 Å². The Hall–Kier alpha value is -5.76. The molecule has 0 spiro atoms. The molecule has 5 heterocycles. The lowest BCUT2D eigenvalue weighted by atomic mass is 10.0. The third-order valence-corrected chi connectivity index (χ3v) is 6.39. The first-order chi connectivity index (χ1) is 19.4. The Morgan fingerprint density at radius 1 is 1.07 bits per heavy atom. The number of rotatable bonds is 4. The number of aromatic nitrogens is 7. The van der Waals surface area contributed by atoms with Gasteiger partial charge in [0.1, 0.15) is 16.9 Å². The molecule has 0 unspecified atom stereocenters. The molecule has 6 aromatic rings. The molecule has 1 amide bonds. The molecule has 1 atom stereocenters.